The third kappa shape index (κ3) is 6.02. The highest BCUT2D eigenvalue weighted by Gasteiger charge is 2.00. The van der Waals surface area contributed by atoms with Gasteiger partial charge in [-0.15, -0.1) is 0 Å². The maximum Gasteiger partial charge on any atom is 0.305 e. The first kappa shape index (κ1) is 13.6. The standard InChI is InChI=1S/C13H18FNO2/c1-2-17-13(16)4-3-9-15-10-11-5-7-12(14)8-6-11/h5-8,15H,2-4,9-10H2,1H3. The molecule has 1 rings (SSSR count). The van der Waals surface area contributed by atoms with Gasteiger partial charge in [-0.2, -0.15) is 0 Å². The molecule has 1 aromatic rings. The average Bonchev–Trinajstić information content (AvgIpc) is 2.31. The number of esters is 1. The summed E-state index contributed by atoms with van der Waals surface area (Å²) in [7, 11) is 0. The molecule has 1 N–H and O–H groups in total. The lowest BCUT2D eigenvalue weighted by Gasteiger charge is -2.05. The predicted octanol–water partition coefficient (Wildman–Crippen LogP) is 2.26. The van der Waals surface area contributed by atoms with Crippen molar-refractivity contribution in [2.75, 3.05) is 13.2 Å². The van der Waals surface area contributed by atoms with Crippen LogP contribution in [0.15, 0.2) is 24.3 Å². The Hall–Kier alpha value is -1.42. The Morgan fingerprint density at radius 2 is 2.06 bits per heavy atom. The number of benzene rings is 1. The van der Waals surface area contributed by atoms with E-state index < -0.39 is 0 Å². The van der Waals surface area contributed by atoms with Crippen LogP contribution in [0.25, 0.3) is 0 Å². The van der Waals surface area contributed by atoms with Gasteiger partial charge in [-0.05, 0) is 37.6 Å². The number of ether oxygens (including phenoxy) is 1. The Balaban J connectivity index is 2.08. The number of halogens is 1. The highest BCUT2D eigenvalue weighted by Crippen LogP contribution is 2.02. The highest BCUT2D eigenvalue weighted by atomic mass is 19.1. The lowest BCUT2D eigenvalue weighted by Crippen LogP contribution is -2.16. The van der Waals surface area contributed by atoms with Gasteiger partial charge in [0.1, 0.15) is 5.82 Å². The Bertz CT molecular complexity index is 338. The van der Waals surface area contributed by atoms with Crippen LogP contribution in [0.2, 0.25) is 0 Å². The fourth-order valence-corrected chi connectivity index (χ4v) is 1.43. The van der Waals surface area contributed by atoms with Crippen LogP contribution in [0.3, 0.4) is 0 Å². The van der Waals surface area contributed by atoms with Gasteiger partial charge < -0.3 is 10.1 Å². The van der Waals surface area contributed by atoms with Crippen molar-refractivity contribution >= 4 is 5.97 Å². The minimum Gasteiger partial charge on any atom is -0.466 e. The van der Waals surface area contributed by atoms with E-state index in [1.54, 1.807) is 19.1 Å². The Morgan fingerprint density at radius 1 is 1.35 bits per heavy atom. The molecule has 0 unspecified atom stereocenters. The molecule has 17 heavy (non-hydrogen) atoms. The Morgan fingerprint density at radius 3 is 2.71 bits per heavy atom. The van der Waals surface area contributed by atoms with Crippen molar-refractivity contribution in [1.29, 1.82) is 0 Å². The van der Waals surface area contributed by atoms with Gasteiger partial charge in [0.15, 0.2) is 0 Å². The van der Waals surface area contributed by atoms with Crippen molar-refractivity contribution in [3.05, 3.63) is 35.6 Å². The molecule has 4 heteroatoms. The van der Waals surface area contributed by atoms with E-state index in [4.69, 9.17) is 4.74 Å². The normalized spacial score (nSPS) is 10.2. The first-order valence-corrected chi connectivity index (χ1v) is 5.83. The lowest BCUT2D eigenvalue weighted by atomic mass is 10.2. The fourth-order valence-electron chi connectivity index (χ4n) is 1.43. The summed E-state index contributed by atoms with van der Waals surface area (Å²) in [6.07, 6.45) is 1.18. The molecule has 0 aliphatic carbocycles. The molecule has 0 spiro atoms. The third-order valence-electron chi connectivity index (χ3n) is 2.28. The van der Waals surface area contributed by atoms with E-state index in [0.29, 0.717) is 19.6 Å². The Labute approximate surface area is 101 Å². The van der Waals surface area contributed by atoms with Crippen LogP contribution < -0.4 is 5.32 Å². The number of carbonyl (C=O) groups excluding carboxylic acids is 1. The molecule has 0 aliphatic rings. The van der Waals surface area contributed by atoms with E-state index in [0.717, 1.165) is 18.5 Å². The van der Waals surface area contributed by atoms with E-state index in [1.807, 2.05) is 0 Å². The molecular weight excluding hydrogens is 221 g/mol. The number of carbonyl (C=O) groups is 1. The van der Waals surface area contributed by atoms with Crippen LogP contribution in [0, 0.1) is 5.82 Å². The van der Waals surface area contributed by atoms with Gasteiger partial charge in [-0.25, -0.2) is 4.39 Å². The van der Waals surface area contributed by atoms with Crippen molar-refractivity contribution in [3.8, 4) is 0 Å². The molecule has 0 heterocycles. The molecule has 0 saturated heterocycles. The average molecular weight is 239 g/mol. The topological polar surface area (TPSA) is 38.3 Å². The van der Waals surface area contributed by atoms with Crippen molar-refractivity contribution in [1.82, 2.24) is 5.32 Å². The summed E-state index contributed by atoms with van der Waals surface area (Å²) in [6.45, 7) is 3.66. The minimum absolute atomic E-state index is 0.156. The smallest absolute Gasteiger partial charge is 0.305 e. The molecule has 0 bridgehead atoms. The molecule has 0 radical (unpaired) electrons. The molecule has 3 nitrogen and oxygen atoms in total. The molecule has 0 aliphatic heterocycles. The highest BCUT2D eigenvalue weighted by molar-refractivity contribution is 5.69. The van der Waals surface area contributed by atoms with Crippen LogP contribution in [0.1, 0.15) is 25.3 Å². The summed E-state index contributed by atoms with van der Waals surface area (Å²) >= 11 is 0. The van der Waals surface area contributed by atoms with Crippen molar-refractivity contribution < 1.29 is 13.9 Å². The largest absolute Gasteiger partial charge is 0.466 e. The quantitative estimate of drug-likeness (QED) is 0.586. The number of rotatable bonds is 7. The molecule has 0 atom stereocenters. The van der Waals surface area contributed by atoms with Gasteiger partial charge in [-0.3, -0.25) is 4.79 Å². The van der Waals surface area contributed by atoms with Crippen LogP contribution in [-0.2, 0) is 16.1 Å². The van der Waals surface area contributed by atoms with Gasteiger partial charge >= 0.3 is 5.97 Å². The van der Waals surface area contributed by atoms with Crippen LogP contribution in [0.4, 0.5) is 4.39 Å². The van der Waals surface area contributed by atoms with Gasteiger partial charge in [0.2, 0.25) is 0 Å². The first-order chi connectivity index (χ1) is 8.22. The number of hydrogen-bond donors (Lipinski definition) is 1. The lowest BCUT2D eigenvalue weighted by molar-refractivity contribution is -0.143. The zero-order valence-electron chi connectivity index (χ0n) is 10.0. The monoisotopic (exact) mass is 239 g/mol. The van der Waals surface area contributed by atoms with Gasteiger partial charge in [-0.1, -0.05) is 12.1 Å². The van der Waals surface area contributed by atoms with Gasteiger partial charge in [0.05, 0.1) is 6.61 Å². The molecule has 0 saturated carbocycles. The van der Waals surface area contributed by atoms with Crippen LogP contribution in [0.5, 0.6) is 0 Å². The molecule has 94 valence electrons. The van der Waals surface area contributed by atoms with E-state index >= 15 is 0 Å². The molecule has 0 amide bonds. The summed E-state index contributed by atoms with van der Waals surface area (Å²) in [4.78, 5) is 11.0. The van der Waals surface area contributed by atoms with Crippen molar-refractivity contribution in [3.63, 3.8) is 0 Å². The van der Waals surface area contributed by atoms with Gasteiger partial charge in [0.25, 0.3) is 0 Å². The molecule has 1 aromatic carbocycles. The van der Waals surface area contributed by atoms with Gasteiger partial charge in [0, 0.05) is 13.0 Å². The number of nitrogens with one attached hydrogen (secondary N) is 1. The summed E-state index contributed by atoms with van der Waals surface area (Å²) in [6, 6.07) is 6.37. The maximum absolute atomic E-state index is 12.6. The van der Waals surface area contributed by atoms with E-state index in [2.05, 4.69) is 5.32 Å². The second-order valence-electron chi connectivity index (χ2n) is 3.71. The van der Waals surface area contributed by atoms with Crippen LogP contribution >= 0.6 is 0 Å². The second-order valence-corrected chi connectivity index (χ2v) is 3.71. The first-order valence-electron chi connectivity index (χ1n) is 5.83. The SMILES string of the molecule is CCOC(=O)CCCNCc1ccc(F)cc1. The fraction of sp³-hybridized carbons (Fsp3) is 0.462. The van der Waals surface area contributed by atoms with Crippen molar-refractivity contribution in [2.45, 2.75) is 26.3 Å². The minimum atomic E-state index is -0.226. The summed E-state index contributed by atoms with van der Waals surface area (Å²) in [5, 5.41) is 3.19. The Kier molecular flexibility index (Phi) is 6.25. The summed E-state index contributed by atoms with van der Waals surface area (Å²) < 4.78 is 17.4. The zero-order valence-corrected chi connectivity index (χ0v) is 10.0. The van der Waals surface area contributed by atoms with E-state index in [1.165, 1.54) is 12.1 Å². The molecule has 0 fully saturated rings. The number of hydrogen-bond acceptors (Lipinski definition) is 3. The van der Waals surface area contributed by atoms with E-state index in [-0.39, 0.29) is 11.8 Å². The zero-order chi connectivity index (χ0) is 12.5. The second kappa shape index (κ2) is 7.79. The maximum atomic E-state index is 12.6. The van der Waals surface area contributed by atoms with Crippen LogP contribution in [-0.4, -0.2) is 19.1 Å². The predicted molar refractivity (Wildman–Crippen MR) is 64.0 cm³/mol. The van der Waals surface area contributed by atoms with E-state index in [9.17, 15) is 9.18 Å². The molecule has 0 aromatic heterocycles. The van der Waals surface area contributed by atoms with Crippen molar-refractivity contribution in [2.24, 2.45) is 0 Å². The summed E-state index contributed by atoms with van der Waals surface area (Å²) in [5.41, 5.74) is 1.03. The molecular formula is C13H18FNO2. The third-order valence-corrected chi connectivity index (χ3v) is 2.28. The summed E-state index contributed by atoms with van der Waals surface area (Å²) in [5.74, 6) is -0.382.